The Hall–Kier alpha value is -0.880. The number of unbranched alkanes of at least 4 members (excludes halogenated alkanes) is 9. The number of hydrogen-bond acceptors (Lipinski definition) is 3. The van der Waals surface area contributed by atoms with Gasteiger partial charge in [-0.25, -0.2) is 4.79 Å². The molecule has 0 amide bonds. The van der Waals surface area contributed by atoms with Gasteiger partial charge in [0, 0.05) is 6.08 Å². The Morgan fingerprint density at radius 3 is 1.92 bits per heavy atom. The van der Waals surface area contributed by atoms with Gasteiger partial charge >= 0.3 is 5.97 Å². The maximum Gasteiger partial charge on any atom is 0.327 e. The number of carboxylic acid groups (broad SMARTS) is 1. The second-order valence-corrected chi connectivity index (χ2v) is 8.12. The van der Waals surface area contributed by atoms with Crippen LogP contribution in [-0.2, 0) is 14.9 Å². The van der Waals surface area contributed by atoms with Crippen LogP contribution < -0.4 is 0 Å². The molecule has 0 fully saturated rings. The Morgan fingerprint density at radius 1 is 0.917 bits per heavy atom. The van der Waals surface area contributed by atoms with Crippen LogP contribution in [0.15, 0.2) is 12.2 Å². The highest BCUT2D eigenvalue weighted by atomic mass is 32.2. The minimum absolute atomic E-state index is 0.441. The molecule has 0 rings (SSSR count). The number of hydrogen-bond donors (Lipinski definition) is 2. The van der Waals surface area contributed by atoms with E-state index in [1.165, 1.54) is 32.1 Å². The first-order chi connectivity index (χ1) is 11.4. The van der Waals surface area contributed by atoms with Gasteiger partial charge in [0.2, 0.25) is 0 Å². The van der Waals surface area contributed by atoms with E-state index < -0.39 is 21.3 Å². The van der Waals surface area contributed by atoms with Gasteiger partial charge in [-0.3, -0.25) is 4.55 Å². The van der Waals surface area contributed by atoms with E-state index in [1.807, 2.05) is 0 Å². The fourth-order valence-corrected chi connectivity index (χ4v) is 3.70. The van der Waals surface area contributed by atoms with Crippen molar-refractivity contribution in [3.8, 4) is 0 Å². The van der Waals surface area contributed by atoms with Crippen molar-refractivity contribution >= 4 is 16.1 Å². The van der Waals surface area contributed by atoms with Crippen molar-refractivity contribution in [2.75, 3.05) is 0 Å². The van der Waals surface area contributed by atoms with Crippen LogP contribution in [0, 0.1) is 0 Å². The van der Waals surface area contributed by atoms with Crippen molar-refractivity contribution in [1.82, 2.24) is 0 Å². The third-order valence-corrected chi connectivity index (χ3v) is 5.52. The van der Waals surface area contributed by atoms with E-state index in [9.17, 15) is 17.8 Å². The number of carboxylic acids is 1. The van der Waals surface area contributed by atoms with Crippen molar-refractivity contribution in [2.45, 2.75) is 95.6 Å². The summed E-state index contributed by atoms with van der Waals surface area (Å²) in [5.74, 6) is -0.972. The molecule has 0 aliphatic rings. The summed E-state index contributed by atoms with van der Waals surface area (Å²) in [5.41, 5.74) is 0. The van der Waals surface area contributed by atoms with Crippen LogP contribution in [0.3, 0.4) is 0 Å². The zero-order chi connectivity index (χ0) is 18.3. The van der Waals surface area contributed by atoms with Crippen LogP contribution >= 0.6 is 0 Å². The quantitative estimate of drug-likeness (QED) is 0.230. The van der Waals surface area contributed by atoms with Gasteiger partial charge in [0.25, 0.3) is 10.1 Å². The third kappa shape index (κ3) is 14.7. The highest BCUT2D eigenvalue weighted by Crippen LogP contribution is 2.18. The lowest BCUT2D eigenvalue weighted by molar-refractivity contribution is -0.131. The van der Waals surface area contributed by atoms with E-state index in [1.54, 1.807) is 6.08 Å². The summed E-state index contributed by atoms with van der Waals surface area (Å²) in [4.78, 5) is 10.3. The molecule has 24 heavy (non-hydrogen) atoms. The van der Waals surface area contributed by atoms with Crippen molar-refractivity contribution in [2.24, 2.45) is 0 Å². The van der Waals surface area contributed by atoms with Crippen LogP contribution in [0.1, 0.15) is 90.4 Å². The monoisotopic (exact) mass is 362 g/mol. The predicted molar refractivity (Wildman–Crippen MR) is 97.8 cm³/mol. The van der Waals surface area contributed by atoms with E-state index >= 15 is 0 Å². The smallest absolute Gasteiger partial charge is 0.327 e. The molecule has 0 aliphatic carbocycles. The van der Waals surface area contributed by atoms with Crippen molar-refractivity contribution in [1.29, 1.82) is 0 Å². The Bertz CT molecular complexity index is 442. The molecule has 0 aromatic rings. The maximum absolute atomic E-state index is 11.4. The average molecular weight is 363 g/mol. The standard InChI is InChI=1S/C18H34O5S/c1-2-3-4-5-6-7-8-11-14-17(24(21,22)23)15-12-9-10-13-16-18(19)20/h13,16-17H,2-12,14-15H2,1H3,(H,19,20)(H,21,22,23). The molecule has 0 aliphatic heterocycles. The zero-order valence-corrected chi connectivity index (χ0v) is 15.8. The van der Waals surface area contributed by atoms with E-state index in [2.05, 4.69) is 6.92 Å². The van der Waals surface area contributed by atoms with Crippen LogP contribution in [-0.4, -0.2) is 29.3 Å². The van der Waals surface area contributed by atoms with Gasteiger partial charge in [-0.2, -0.15) is 8.42 Å². The molecule has 142 valence electrons. The first kappa shape index (κ1) is 23.1. The van der Waals surface area contributed by atoms with Gasteiger partial charge in [-0.05, 0) is 25.7 Å². The largest absolute Gasteiger partial charge is 0.478 e. The third-order valence-electron chi connectivity index (χ3n) is 4.21. The molecule has 0 radical (unpaired) electrons. The molecule has 0 aromatic heterocycles. The van der Waals surface area contributed by atoms with Gasteiger partial charge in [-0.15, -0.1) is 0 Å². The molecular formula is C18H34O5S. The molecule has 5 nitrogen and oxygen atoms in total. The number of allylic oxidation sites excluding steroid dienone is 1. The molecule has 6 heteroatoms. The lowest BCUT2D eigenvalue weighted by Crippen LogP contribution is -2.20. The van der Waals surface area contributed by atoms with Gasteiger partial charge < -0.3 is 5.11 Å². The lowest BCUT2D eigenvalue weighted by Gasteiger charge is -2.13. The van der Waals surface area contributed by atoms with Crippen LogP contribution in [0.5, 0.6) is 0 Å². The molecule has 0 aromatic carbocycles. The number of aliphatic carboxylic acids is 1. The Labute approximate surface area is 147 Å². The lowest BCUT2D eigenvalue weighted by atomic mass is 10.0. The van der Waals surface area contributed by atoms with Gasteiger partial charge in [0.15, 0.2) is 0 Å². The van der Waals surface area contributed by atoms with Crippen LogP contribution in [0.2, 0.25) is 0 Å². The Morgan fingerprint density at radius 2 is 1.42 bits per heavy atom. The summed E-state index contributed by atoms with van der Waals surface area (Å²) in [7, 11) is -3.99. The van der Waals surface area contributed by atoms with E-state index in [0.29, 0.717) is 25.7 Å². The summed E-state index contributed by atoms with van der Waals surface area (Å²) >= 11 is 0. The second-order valence-electron chi connectivity index (χ2n) is 6.43. The van der Waals surface area contributed by atoms with Crippen LogP contribution in [0.25, 0.3) is 0 Å². The maximum atomic E-state index is 11.4. The van der Waals surface area contributed by atoms with E-state index in [4.69, 9.17) is 5.11 Å². The van der Waals surface area contributed by atoms with Gasteiger partial charge in [-0.1, -0.05) is 70.8 Å². The normalized spacial score (nSPS) is 13.4. The molecule has 2 N–H and O–H groups in total. The summed E-state index contributed by atoms with van der Waals surface area (Å²) in [6.45, 7) is 2.19. The molecular weight excluding hydrogens is 328 g/mol. The van der Waals surface area contributed by atoms with Gasteiger partial charge in [0.1, 0.15) is 0 Å². The molecule has 0 saturated heterocycles. The minimum Gasteiger partial charge on any atom is -0.478 e. The topological polar surface area (TPSA) is 91.7 Å². The molecule has 0 spiro atoms. The Kier molecular flexibility index (Phi) is 13.9. The molecule has 0 saturated carbocycles. The minimum atomic E-state index is -3.99. The highest BCUT2D eigenvalue weighted by Gasteiger charge is 2.21. The highest BCUT2D eigenvalue weighted by molar-refractivity contribution is 7.86. The second kappa shape index (κ2) is 14.5. The SMILES string of the molecule is CCCCCCCCCCC(CCCCC=CC(=O)O)S(=O)(=O)O. The van der Waals surface area contributed by atoms with Crippen molar-refractivity contribution in [3.63, 3.8) is 0 Å². The van der Waals surface area contributed by atoms with Crippen molar-refractivity contribution in [3.05, 3.63) is 12.2 Å². The van der Waals surface area contributed by atoms with Gasteiger partial charge in [0.05, 0.1) is 5.25 Å². The fraction of sp³-hybridized carbons (Fsp3) is 0.833. The average Bonchev–Trinajstić information content (AvgIpc) is 2.49. The van der Waals surface area contributed by atoms with E-state index in [-0.39, 0.29) is 0 Å². The van der Waals surface area contributed by atoms with Crippen LogP contribution in [0.4, 0.5) is 0 Å². The zero-order valence-electron chi connectivity index (χ0n) is 15.0. The summed E-state index contributed by atoms with van der Waals surface area (Å²) in [6, 6.07) is 0. The van der Waals surface area contributed by atoms with E-state index in [0.717, 1.165) is 31.8 Å². The molecule has 0 bridgehead atoms. The predicted octanol–water partition coefficient (Wildman–Crippen LogP) is 4.97. The summed E-state index contributed by atoms with van der Waals surface area (Å²) in [5, 5.41) is 7.79. The number of carbonyl (C=O) groups is 1. The Balaban J connectivity index is 3.85. The first-order valence-electron chi connectivity index (χ1n) is 9.23. The molecule has 1 atom stereocenters. The molecule has 0 heterocycles. The fourth-order valence-electron chi connectivity index (χ4n) is 2.77. The first-order valence-corrected chi connectivity index (χ1v) is 10.7. The number of rotatable bonds is 16. The van der Waals surface area contributed by atoms with Crippen molar-refractivity contribution < 1.29 is 22.9 Å². The summed E-state index contributed by atoms with van der Waals surface area (Å²) < 4.78 is 32.2. The summed E-state index contributed by atoms with van der Waals surface area (Å²) in [6.07, 6.45) is 14.9. The molecule has 1 unspecified atom stereocenters.